The predicted octanol–water partition coefficient (Wildman–Crippen LogP) is 3.89. The molecule has 1 aliphatic rings. The number of halogens is 1. The van der Waals surface area contributed by atoms with Crippen molar-refractivity contribution in [2.24, 2.45) is 5.41 Å². The molecular formula is C17H27IN2. The van der Waals surface area contributed by atoms with Gasteiger partial charge >= 0.3 is 0 Å². The van der Waals surface area contributed by atoms with Crippen molar-refractivity contribution in [1.82, 2.24) is 10.2 Å². The van der Waals surface area contributed by atoms with E-state index in [9.17, 15) is 0 Å². The molecule has 0 amide bonds. The fraction of sp³-hybridized carbons (Fsp3) is 0.647. The Bertz CT molecular complexity index is 422. The van der Waals surface area contributed by atoms with E-state index in [1.165, 1.54) is 15.6 Å². The van der Waals surface area contributed by atoms with E-state index in [4.69, 9.17) is 0 Å². The van der Waals surface area contributed by atoms with Gasteiger partial charge in [0.25, 0.3) is 0 Å². The van der Waals surface area contributed by atoms with E-state index in [0.29, 0.717) is 17.5 Å². The largest absolute Gasteiger partial charge is 0.311 e. The number of hydrogen-bond donors (Lipinski definition) is 1. The second-order valence-corrected chi connectivity index (χ2v) is 8.19. The molecule has 0 aliphatic carbocycles. The number of nitrogens with one attached hydrogen (secondary N) is 1. The third-order valence-electron chi connectivity index (χ3n) is 4.35. The van der Waals surface area contributed by atoms with E-state index in [1.807, 2.05) is 0 Å². The molecule has 1 N–H and O–H groups in total. The van der Waals surface area contributed by atoms with Crippen LogP contribution < -0.4 is 5.32 Å². The van der Waals surface area contributed by atoms with Gasteiger partial charge in [0.05, 0.1) is 0 Å². The van der Waals surface area contributed by atoms with Gasteiger partial charge in [0.1, 0.15) is 0 Å². The van der Waals surface area contributed by atoms with E-state index in [2.05, 4.69) is 84.8 Å². The maximum Gasteiger partial charge on any atom is 0.0244 e. The average Bonchev–Trinajstić information content (AvgIpc) is 2.40. The summed E-state index contributed by atoms with van der Waals surface area (Å²) in [7, 11) is 0. The molecule has 20 heavy (non-hydrogen) atoms. The molecule has 0 aromatic heterocycles. The SMILES string of the molecule is CCC1CNC(C(C)(C)C)CN1Cc1ccc(I)cc1. The van der Waals surface area contributed by atoms with E-state index in [0.717, 1.165) is 19.6 Å². The van der Waals surface area contributed by atoms with Crippen molar-refractivity contribution in [2.75, 3.05) is 13.1 Å². The summed E-state index contributed by atoms with van der Waals surface area (Å²) in [6.45, 7) is 12.6. The summed E-state index contributed by atoms with van der Waals surface area (Å²) in [6.07, 6.45) is 1.22. The van der Waals surface area contributed by atoms with Gasteiger partial charge in [0, 0.05) is 35.3 Å². The Morgan fingerprint density at radius 3 is 2.45 bits per heavy atom. The molecule has 1 fully saturated rings. The summed E-state index contributed by atoms with van der Waals surface area (Å²) in [5.74, 6) is 0. The summed E-state index contributed by atoms with van der Waals surface area (Å²) in [6, 6.07) is 10.2. The van der Waals surface area contributed by atoms with E-state index < -0.39 is 0 Å². The first-order chi connectivity index (χ1) is 9.40. The van der Waals surface area contributed by atoms with Crippen molar-refractivity contribution >= 4 is 22.6 Å². The fourth-order valence-corrected chi connectivity index (χ4v) is 3.22. The smallest absolute Gasteiger partial charge is 0.0244 e. The second-order valence-electron chi connectivity index (χ2n) is 6.94. The van der Waals surface area contributed by atoms with Gasteiger partial charge in [-0.2, -0.15) is 0 Å². The van der Waals surface area contributed by atoms with Crippen LogP contribution in [0.1, 0.15) is 39.7 Å². The number of benzene rings is 1. The highest BCUT2D eigenvalue weighted by atomic mass is 127. The van der Waals surface area contributed by atoms with Crippen molar-refractivity contribution in [2.45, 2.75) is 52.7 Å². The minimum Gasteiger partial charge on any atom is -0.311 e. The molecule has 2 rings (SSSR count). The number of piperazine rings is 1. The Balaban J connectivity index is 2.07. The van der Waals surface area contributed by atoms with Gasteiger partial charge in [0.2, 0.25) is 0 Å². The fourth-order valence-electron chi connectivity index (χ4n) is 2.86. The molecule has 1 aromatic rings. The Labute approximate surface area is 137 Å². The summed E-state index contributed by atoms with van der Waals surface area (Å²) < 4.78 is 1.31. The highest BCUT2D eigenvalue weighted by Gasteiger charge is 2.33. The number of rotatable bonds is 3. The molecule has 1 aromatic carbocycles. The molecule has 112 valence electrons. The first-order valence-corrected chi connectivity index (χ1v) is 8.70. The van der Waals surface area contributed by atoms with Gasteiger partial charge in [-0.05, 0) is 52.1 Å². The quantitative estimate of drug-likeness (QED) is 0.793. The molecule has 2 nitrogen and oxygen atoms in total. The van der Waals surface area contributed by atoms with Crippen LogP contribution in [0, 0.1) is 8.99 Å². The maximum absolute atomic E-state index is 3.74. The van der Waals surface area contributed by atoms with Crippen LogP contribution in [0.4, 0.5) is 0 Å². The Hall–Kier alpha value is -0.130. The van der Waals surface area contributed by atoms with Gasteiger partial charge in [-0.1, -0.05) is 39.8 Å². The lowest BCUT2D eigenvalue weighted by Gasteiger charge is -2.45. The molecule has 0 radical (unpaired) electrons. The van der Waals surface area contributed by atoms with E-state index >= 15 is 0 Å². The Morgan fingerprint density at radius 2 is 1.90 bits per heavy atom. The molecule has 3 heteroatoms. The van der Waals surface area contributed by atoms with E-state index in [-0.39, 0.29) is 0 Å². The normalized spacial score (nSPS) is 24.9. The van der Waals surface area contributed by atoms with Gasteiger partial charge < -0.3 is 5.32 Å². The van der Waals surface area contributed by atoms with Crippen LogP contribution in [-0.2, 0) is 6.54 Å². The van der Waals surface area contributed by atoms with Crippen LogP contribution in [0.3, 0.4) is 0 Å². The molecular weight excluding hydrogens is 359 g/mol. The van der Waals surface area contributed by atoms with Crippen molar-refractivity contribution in [3.8, 4) is 0 Å². The van der Waals surface area contributed by atoms with Gasteiger partial charge in [-0.25, -0.2) is 0 Å². The number of nitrogens with zero attached hydrogens (tertiary/aromatic N) is 1. The zero-order valence-corrected chi connectivity index (χ0v) is 15.3. The van der Waals surface area contributed by atoms with Crippen LogP contribution in [0.25, 0.3) is 0 Å². The standard InChI is InChI=1S/C17H27IN2/c1-5-15-10-19-16(17(2,3)4)12-20(15)11-13-6-8-14(18)9-7-13/h6-9,15-16,19H,5,10-12H2,1-4H3. The summed E-state index contributed by atoms with van der Waals surface area (Å²) >= 11 is 2.37. The molecule has 2 atom stereocenters. The zero-order valence-electron chi connectivity index (χ0n) is 13.1. The van der Waals surface area contributed by atoms with Crippen LogP contribution in [-0.4, -0.2) is 30.1 Å². The molecule has 1 saturated heterocycles. The van der Waals surface area contributed by atoms with Crippen LogP contribution in [0.15, 0.2) is 24.3 Å². The topological polar surface area (TPSA) is 15.3 Å². The average molecular weight is 386 g/mol. The van der Waals surface area contributed by atoms with Gasteiger partial charge in [-0.15, -0.1) is 0 Å². The lowest BCUT2D eigenvalue weighted by Crippen LogP contribution is -2.59. The minimum absolute atomic E-state index is 0.322. The highest BCUT2D eigenvalue weighted by Crippen LogP contribution is 2.25. The second kappa shape index (κ2) is 6.75. The lowest BCUT2D eigenvalue weighted by atomic mass is 9.84. The first-order valence-electron chi connectivity index (χ1n) is 7.62. The third-order valence-corrected chi connectivity index (χ3v) is 5.07. The van der Waals surface area contributed by atoms with Gasteiger partial charge in [0.15, 0.2) is 0 Å². The lowest BCUT2D eigenvalue weighted by molar-refractivity contribution is 0.0775. The van der Waals surface area contributed by atoms with Crippen molar-refractivity contribution < 1.29 is 0 Å². The maximum atomic E-state index is 3.74. The summed E-state index contributed by atoms with van der Waals surface area (Å²) in [5.41, 5.74) is 1.75. The van der Waals surface area contributed by atoms with Crippen molar-refractivity contribution in [1.29, 1.82) is 0 Å². The molecule has 1 aliphatic heterocycles. The molecule has 0 bridgehead atoms. The third kappa shape index (κ3) is 4.18. The summed E-state index contributed by atoms with van der Waals surface area (Å²) in [4.78, 5) is 2.66. The summed E-state index contributed by atoms with van der Waals surface area (Å²) in [5, 5.41) is 3.74. The van der Waals surface area contributed by atoms with Crippen LogP contribution >= 0.6 is 22.6 Å². The molecule has 2 unspecified atom stereocenters. The predicted molar refractivity (Wildman–Crippen MR) is 94.9 cm³/mol. The minimum atomic E-state index is 0.322. The zero-order chi connectivity index (χ0) is 14.8. The van der Waals surface area contributed by atoms with Crippen molar-refractivity contribution in [3.05, 3.63) is 33.4 Å². The van der Waals surface area contributed by atoms with Crippen LogP contribution in [0.2, 0.25) is 0 Å². The Morgan fingerprint density at radius 1 is 1.25 bits per heavy atom. The molecule has 1 heterocycles. The first kappa shape index (κ1) is 16.2. The molecule has 0 saturated carbocycles. The van der Waals surface area contributed by atoms with E-state index in [1.54, 1.807) is 0 Å². The highest BCUT2D eigenvalue weighted by molar-refractivity contribution is 14.1. The van der Waals surface area contributed by atoms with Crippen molar-refractivity contribution in [3.63, 3.8) is 0 Å². The monoisotopic (exact) mass is 386 g/mol. The van der Waals surface area contributed by atoms with Crippen LogP contribution in [0.5, 0.6) is 0 Å². The number of hydrogen-bond acceptors (Lipinski definition) is 2. The molecule has 0 spiro atoms. The Kier molecular flexibility index (Phi) is 5.49. The van der Waals surface area contributed by atoms with Gasteiger partial charge in [-0.3, -0.25) is 4.90 Å².